The summed E-state index contributed by atoms with van der Waals surface area (Å²) in [6.07, 6.45) is 0. The molecule has 402 valence electrons. The van der Waals surface area contributed by atoms with Crippen molar-refractivity contribution in [3.8, 4) is 112 Å². The maximum absolute atomic E-state index is 10.7. The molecule has 0 atom stereocenters. The maximum Gasteiger partial charge on any atom is 0.0645 e. The van der Waals surface area contributed by atoms with Gasteiger partial charge in [-0.25, -0.2) is 0 Å². The second kappa shape index (κ2) is 21.5. The average Bonchev–Trinajstić information content (AvgIpc) is 1.52. The number of rotatable bonds is 11. The Labute approximate surface area is 578 Å². The van der Waals surface area contributed by atoms with E-state index in [0.29, 0.717) is 15.2 Å². The molecule has 0 bridgehead atoms. The highest BCUT2D eigenvalue weighted by Gasteiger charge is 2.23. The van der Waals surface area contributed by atoms with E-state index in [1.54, 1.807) is 0 Å². The Morgan fingerprint density at radius 1 is 0.174 bits per heavy atom. The van der Waals surface area contributed by atoms with Crippen LogP contribution < -0.4 is 0 Å². The van der Waals surface area contributed by atoms with Crippen molar-refractivity contribution >= 4 is 43.6 Å². The van der Waals surface area contributed by atoms with Gasteiger partial charge in [0.25, 0.3) is 0 Å². The molecule has 16 aromatic rings. The van der Waals surface area contributed by atoms with Crippen LogP contribution in [0.2, 0.25) is 0 Å². The molecule has 0 aliphatic rings. The second-order valence-corrected chi connectivity index (χ2v) is 18.1. The van der Waals surface area contributed by atoms with Crippen molar-refractivity contribution in [1.82, 2.24) is 9.13 Å². The summed E-state index contributed by atoms with van der Waals surface area (Å²) in [6.45, 7) is 0. The summed E-state index contributed by atoms with van der Waals surface area (Å²) in [7, 11) is 0. The highest BCUT2D eigenvalue weighted by Crippen LogP contribution is 2.46. The van der Waals surface area contributed by atoms with E-state index in [0.717, 1.165) is 0 Å². The Kier molecular flexibility index (Phi) is 4.83. The van der Waals surface area contributed by atoms with Gasteiger partial charge < -0.3 is 9.13 Å². The van der Waals surface area contributed by atoms with Crippen LogP contribution in [0, 0.1) is 0 Å². The minimum absolute atomic E-state index is 0.327. The summed E-state index contributed by atoms with van der Waals surface area (Å²) in [5.41, 5.74) is -28.5. The number of benzene rings is 14. The van der Waals surface area contributed by atoms with Crippen LogP contribution >= 0.6 is 0 Å². The SMILES string of the molecule is [2H]c1cc(-c2c([2H])c([2H])c([2H])c([2H])c2[2H])c(-c2c([2H])c([2H])c3c(c2[2H])c2c([2H])c(-c4c([2H])c([2H])c([2H])c([2H])c4-c4c([2H])c([2H])c([2H])c([2H])c4[2H])c([2H])c([2H])c2n3-c2c([2H])c([2H])c([2H])c([2H])c2-c2c([2H])c([2H])c([2H])c([2H])c2-n2c3c([2H])c([2H])c(-c4c([2H])c([2H])c([2H])c([2H])c4-c4c([2H])c([2H])c([2H])c([2H])c4[2H])c([2H])c3c3c([2H])c(-c4c([2H])c([2H])c([2H])c([2H])c4-c4c([2H])c([2H])c([2H])c([2H])c4[2H])c([2H])c([2H])c32)c([2H])c1[2H]. The molecule has 0 unspecified atom stereocenters. The third-order valence-corrected chi connectivity index (χ3v) is 13.4. The van der Waals surface area contributed by atoms with Gasteiger partial charge in [0.1, 0.15) is 0 Å². The van der Waals surface area contributed by atoms with E-state index in [4.69, 9.17) is 38.4 Å². The Morgan fingerprint density at radius 2 is 0.395 bits per heavy atom. The van der Waals surface area contributed by atoms with Crippen LogP contribution in [0.3, 0.4) is 0 Å². The molecule has 0 saturated carbocycles. The predicted molar refractivity (Wildman–Crippen MR) is 364 cm³/mol. The lowest BCUT2D eigenvalue weighted by atomic mass is 9.92. The maximum atomic E-state index is 10.7. The van der Waals surface area contributed by atoms with Crippen molar-refractivity contribution in [3.63, 3.8) is 0 Å². The van der Waals surface area contributed by atoms with Gasteiger partial charge in [0, 0.05) is 32.7 Å². The summed E-state index contributed by atoms with van der Waals surface area (Å²) in [4.78, 5) is 0. The summed E-state index contributed by atoms with van der Waals surface area (Å²) in [5.74, 6) is 0. The zero-order valence-electron chi connectivity index (χ0n) is 98.0. The fraction of sp³-hybridized carbons (Fsp3) is 0. The molecular weight excluding hydrogens is 1040 g/mol. The first kappa shape index (κ1) is 19.4. The number of nitrogens with zero attached hydrogens (tertiary/aromatic N) is 2. The lowest BCUT2D eigenvalue weighted by Gasteiger charge is -2.19. The van der Waals surface area contributed by atoms with Crippen molar-refractivity contribution in [2.75, 3.05) is 0 Å². The molecule has 0 spiro atoms. The first-order valence-corrected chi connectivity index (χ1v) is 25.2. The number of aromatic nitrogens is 2. The standard InChI is InChI=1S/C84H56N2/c1-5-25-57(26-6-1)65-33-13-17-37-69(65)61-45-49-81-75(53-61)76-54-62(70-38-18-14-34-66(70)58-27-7-2-8-28-58)46-50-82(76)85(81)79-43-23-21-41-73(79)74-42-22-24-44-80(74)86-83-51-47-63(71-39-19-15-35-67(71)59-29-9-3-10-30-59)55-77(83)78-56-64(48-52-84(78)86)72-40-20-16-36-68(72)60-31-11-4-12-32-60/h1-56H/i1D,2D,3D,4D,5D,6D,7D,8D,9D,10D,11D,12D,13D,14D,15D,16D,17D,18D,19D,20D,21D,22D,23D,24D,25D,26D,27D,28D,29D,30D,31D,32D,33D,34D,35D,37D,38D,39D,40D,41D,42D,43D,44D,45D,46D,47D,48D,49D,50D,51D,52D,53D,54D,55D,56D. The highest BCUT2D eigenvalue weighted by atomic mass is 15.0. The molecule has 16 rings (SSSR count). The molecule has 2 heteroatoms. The number of hydrogen-bond donors (Lipinski definition) is 0. The van der Waals surface area contributed by atoms with Crippen LogP contribution in [-0.2, 0) is 0 Å². The van der Waals surface area contributed by atoms with E-state index in [2.05, 4.69) is 0 Å². The van der Waals surface area contributed by atoms with Gasteiger partial charge in [-0.2, -0.15) is 0 Å². The molecule has 0 radical (unpaired) electrons. The van der Waals surface area contributed by atoms with Gasteiger partial charge in [-0.05, 0) is 149 Å². The van der Waals surface area contributed by atoms with E-state index < -0.39 is 487 Å². The number of hydrogen-bond acceptors (Lipinski definition) is 0. The zero-order valence-corrected chi connectivity index (χ0v) is 43.0. The third kappa shape index (κ3) is 8.74. The van der Waals surface area contributed by atoms with Gasteiger partial charge in [0.2, 0.25) is 0 Å². The lowest BCUT2D eigenvalue weighted by molar-refractivity contribution is 1.16. The second-order valence-electron chi connectivity index (χ2n) is 18.1. The molecule has 0 aliphatic carbocycles. The van der Waals surface area contributed by atoms with Gasteiger partial charge in [-0.3, -0.25) is 0 Å². The summed E-state index contributed by atoms with van der Waals surface area (Å²) in [5, 5.41) is -4.75. The first-order valence-electron chi connectivity index (χ1n) is 52.7. The molecule has 0 aliphatic heterocycles. The van der Waals surface area contributed by atoms with Crippen LogP contribution in [0.25, 0.3) is 155 Å². The Bertz CT molecular complexity index is 8310. The van der Waals surface area contributed by atoms with Crippen molar-refractivity contribution in [2.24, 2.45) is 0 Å². The average molecular weight is 1150 g/mol. The molecule has 2 heterocycles. The largest absolute Gasteiger partial charge is 0.309 e. The van der Waals surface area contributed by atoms with Gasteiger partial charge >= 0.3 is 0 Å². The Hall–Kier alpha value is -11.3. The van der Waals surface area contributed by atoms with E-state index in [9.17, 15) is 37.0 Å². The van der Waals surface area contributed by atoms with Gasteiger partial charge in [-0.15, -0.1) is 0 Å². The topological polar surface area (TPSA) is 9.86 Å². The summed E-state index contributed by atoms with van der Waals surface area (Å²) >= 11 is 0. The fourth-order valence-electron chi connectivity index (χ4n) is 9.79. The van der Waals surface area contributed by atoms with Gasteiger partial charge in [-0.1, -0.05) is 278 Å². The number of fused-ring (bicyclic) bond motifs is 6. The van der Waals surface area contributed by atoms with Crippen LogP contribution in [0.1, 0.15) is 75.4 Å². The number of para-hydroxylation sites is 2. The molecule has 0 saturated heterocycles. The van der Waals surface area contributed by atoms with E-state index in [-0.39, 0.29) is 0 Å². The molecule has 2 nitrogen and oxygen atoms in total. The minimum Gasteiger partial charge on any atom is -0.309 e. The Morgan fingerprint density at radius 3 is 0.698 bits per heavy atom. The normalized spacial score (nSPS) is 20.4. The van der Waals surface area contributed by atoms with Crippen LogP contribution in [0.4, 0.5) is 0 Å². The Balaban J connectivity index is 1.17. The quantitative estimate of drug-likeness (QED) is 0.122. The van der Waals surface area contributed by atoms with E-state index in [1.165, 1.54) is 0 Å². The van der Waals surface area contributed by atoms with Crippen LogP contribution in [-0.4, -0.2) is 9.13 Å². The molecular formula is C84H56N2. The van der Waals surface area contributed by atoms with Gasteiger partial charge in [0.05, 0.1) is 109 Å². The summed E-state index contributed by atoms with van der Waals surface area (Å²) in [6, 6.07) is -70.2. The van der Waals surface area contributed by atoms with Gasteiger partial charge in [0.15, 0.2) is 0 Å². The van der Waals surface area contributed by atoms with Crippen LogP contribution in [0.5, 0.6) is 0 Å². The molecule has 0 N–H and O–H groups in total. The van der Waals surface area contributed by atoms with Crippen molar-refractivity contribution in [2.45, 2.75) is 0 Å². The first-order chi connectivity index (χ1) is 65.6. The van der Waals surface area contributed by atoms with E-state index >= 15 is 0 Å². The fourth-order valence-corrected chi connectivity index (χ4v) is 9.79. The third-order valence-electron chi connectivity index (χ3n) is 13.4. The predicted octanol–water partition coefficient (Wildman–Crippen LogP) is 22.9. The van der Waals surface area contributed by atoms with Crippen molar-refractivity contribution in [1.29, 1.82) is 0 Å². The van der Waals surface area contributed by atoms with Crippen molar-refractivity contribution < 1.29 is 75.4 Å². The summed E-state index contributed by atoms with van der Waals surface area (Å²) < 4.78 is 523. The van der Waals surface area contributed by atoms with Crippen molar-refractivity contribution in [3.05, 3.63) is 338 Å². The monoisotopic (exact) mass is 1150 g/mol. The lowest BCUT2D eigenvalue weighted by Crippen LogP contribution is -2.01. The van der Waals surface area contributed by atoms with E-state index in [1.807, 2.05) is 0 Å². The molecule has 14 aromatic carbocycles. The molecule has 2 aromatic heterocycles. The molecule has 0 amide bonds. The highest BCUT2D eigenvalue weighted by molar-refractivity contribution is 6.15. The smallest absolute Gasteiger partial charge is 0.0645 e. The molecule has 86 heavy (non-hydrogen) atoms. The minimum atomic E-state index is -1.57. The zero-order chi connectivity index (χ0) is 105. The molecule has 0 fully saturated rings. The van der Waals surface area contributed by atoms with Crippen LogP contribution in [0.15, 0.2) is 338 Å².